The number of aromatic nitrogens is 2. The summed E-state index contributed by atoms with van der Waals surface area (Å²) in [4.78, 5) is 8.33. The third-order valence-electron chi connectivity index (χ3n) is 2.72. The van der Waals surface area contributed by atoms with E-state index in [2.05, 4.69) is 22.2 Å². The Morgan fingerprint density at radius 3 is 2.89 bits per heavy atom. The van der Waals surface area contributed by atoms with Crippen LogP contribution in [0.2, 0.25) is 0 Å². The lowest BCUT2D eigenvalue weighted by Gasteiger charge is -2.23. The number of ether oxygens (including phenoxy) is 1. The Morgan fingerprint density at radius 2 is 2.22 bits per heavy atom. The molecular formula is C13H23N3O2. The molecule has 0 aliphatic heterocycles. The largest absolute Gasteiger partial charge is 0.388 e. The number of anilines is 1. The Labute approximate surface area is 109 Å². The molecule has 0 fully saturated rings. The average Bonchev–Trinajstić information content (AvgIpc) is 2.35. The molecule has 0 bridgehead atoms. The summed E-state index contributed by atoms with van der Waals surface area (Å²) in [6.45, 7) is 4.89. The van der Waals surface area contributed by atoms with E-state index >= 15 is 0 Å². The first-order valence-electron chi connectivity index (χ1n) is 6.33. The van der Waals surface area contributed by atoms with Gasteiger partial charge in [0.2, 0.25) is 0 Å². The zero-order valence-corrected chi connectivity index (χ0v) is 11.4. The van der Waals surface area contributed by atoms with Crippen molar-refractivity contribution in [2.75, 3.05) is 25.6 Å². The number of aryl methyl sites for hydroxylation is 1. The second-order valence-corrected chi connectivity index (χ2v) is 4.74. The van der Waals surface area contributed by atoms with E-state index in [0.717, 1.165) is 24.4 Å². The maximum absolute atomic E-state index is 10.1. The second kappa shape index (κ2) is 7.28. The fourth-order valence-electron chi connectivity index (χ4n) is 1.58. The Balaban J connectivity index is 2.49. The summed E-state index contributed by atoms with van der Waals surface area (Å²) in [5.74, 6) is 0.756. The van der Waals surface area contributed by atoms with Crippen LogP contribution in [0.25, 0.3) is 0 Å². The molecule has 0 aliphatic rings. The minimum absolute atomic E-state index is 0.443. The summed E-state index contributed by atoms with van der Waals surface area (Å²) in [7, 11) is 1.63. The van der Waals surface area contributed by atoms with E-state index < -0.39 is 5.60 Å². The van der Waals surface area contributed by atoms with Crippen LogP contribution in [0.4, 0.5) is 5.82 Å². The average molecular weight is 253 g/mol. The van der Waals surface area contributed by atoms with Crippen LogP contribution in [0.1, 0.15) is 32.4 Å². The monoisotopic (exact) mass is 253 g/mol. The van der Waals surface area contributed by atoms with Gasteiger partial charge in [0.15, 0.2) is 0 Å². The van der Waals surface area contributed by atoms with Gasteiger partial charge in [-0.25, -0.2) is 9.97 Å². The maximum atomic E-state index is 10.1. The molecule has 0 saturated heterocycles. The number of rotatable bonds is 8. The number of nitrogens with zero attached hydrogens (tertiary/aromatic N) is 2. The number of methoxy groups -OCH3 is 1. The van der Waals surface area contributed by atoms with E-state index in [1.807, 2.05) is 6.07 Å². The zero-order chi connectivity index (χ0) is 13.4. The summed E-state index contributed by atoms with van der Waals surface area (Å²) in [5, 5.41) is 13.2. The van der Waals surface area contributed by atoms with Crippen molar-refractivity contribution in [3.05, 3.63) is 18.1 Å². The molecule has 0 spiro atoms. The number of hydrogen-bond donors (Lipinski definition) is 2. The molecule has 0 aromatic carbocycles. The van der Waals surface area contributed by atoms with E-state index in [9.17, 15) is 5.11 Å². The second-order valence-electron chi connectivity index (χ2n) is 4.74. The van der Waals surface area contributed by atoms with Crippen LogP contribution in [-0.4, -0.2) is 40.9 Å². The lowest BCUT2D eigenvalue weighted by molar-refractivity contribution is 0.0357. The van der Waals surface area contributed by atoms with Gasteiger partial charge < -0.3 is 15.2 Å². The van der Waals surface area contributed by atoms with Crippen molar-refractivity contribution in [1.82, 2.24) is 9.97 Å². The molecule has 0 aliphatic carbocycles. The lowest BCUT2D eigenvalue weighted by atomic mass is 10.0. The number of aliphatic hydroxyl groups is 1. The van der Waals surface area contributed by atoms with Crippen LogP contribution in [0, 0.1) is 0 Å². The predicted molar refractivity (Wildman–Crippen MR) is 71.6 cm³/mol. The minimum Gasteiger partial charge on any atom is -0.388 e. The first-order valence-corrected chi connectivity index (χ1v) is 6.33. The summed E-state index contributed by atoms with van der Waals surface area (Å²) in [6, 6.07) is 1.93. The van der Waals surface area contributed by atoms with Crippen molar-refractivity contribution in [2.45, 2.75) is 38.7 Å². The fourth-order valence-corrected chi connectivity index (χ4v) is 1.58. The summed E-state index contributed by atoms with van der Waals surface area (Å²) in [5.41, 5.74) is 0.220. The predicted octanol–water partition coefficient (Wildman–Crippen LogP) is 1.63. The molecule has 1 rings (SSSR count). The maximum Gasteiger partial charge on any atom is 0.129 e. The van der Waals surface area contributed by atoms with E-state index in [4.69, 9.17) is 4.74 Å². The van der Waals surface area contributed by atoms with E-state index in [1.165, 1.54) is 0 Å². The van der Waals surface area contributed by atoms with Crippen LogP contribution < -0.4 is 5.32 Å². The first-order chi connectivity index (χ1) is 8.57. The molecule has 0 radical (unpaired) electrons. The summed E-state index contributed by atoms with van der Waals surface area (Å²) < 4.78 is 4.97. The van der Waals surface area contributed by atoms with Crippen molar-refractivity contribution in [1.29, 1.82) is 0 Å². The highest BCUT2D eigenvalue weighted by atomic mass is 16.5. The van der Waals surface area contributed by atoms with Gasteiger partial charge in [-0.05, 0) is 13.3 Å². The van der Waals surface area contributed by atoms with E-state index in [0.29, 0.717) is 19.6 Å². The van der Waals surface area contributed by atoms with Gasteiger partial charge in [0.1, 0.15) is 12.1 Å². The highest BCUT2D eigenvalue weighted by Gasteiger charge is 2.19. The van der Waals surface area contributed by atoms with E-state index in [-0.39, 0.29) is 0 Å². The van der Waals surface area contributed by atoms with Crippen LogP contribution in [0.3, 0.4) is 0 Å². The van der Waals surface area contributed by atoms with Crippen LogP contribution in [-0.2, 0) is 11.2 Å². The van der Waals surface area contributed by atoms with Crippen molar-refractivity contribution in [3.63, 3.8) is 0 Å². The highest BCUT2D eigenvalue weighted by molar-refractivity contribution is 5.35. The normalized spacial score (nSPS) is 14.2. The van der Waals surface area contributed by atoms with Crippen molar-refractivity contribution >= 4 is 5.82 Å². The molecule has 1 unspecified atom stereocenters. The molecular weight excluding hydrogens is 230 g/mol. The standard InChI is InChI=1S/C13H23N3O2/c1-4-5-11-8-12(16-10-15-11)14-9-13(2,17)6-7-18-3/h8,10,17H,4-7,9H2,1-3H3,(H,14,15,16). The number of nitrogens with one attached hydrogen (secondary N) is 1. The Bertz CT molecular complexity index is 356. The van der Waals surface area contributed by atoms with Crippen molar-refractivity contribution < 1.29 is 9.84 Å². The van der Waals surface area contributed by atoms with Crippen molar-refractivity contribution in [2.24, 2.45) is 0 Å². The van der Waals surface area contributed by atoms with Gasteiger partial charge in [0, 0.05) is 38.4 Å². The molecule has 1 atom stereocenters. The van der Waals surface area contributed by atoms with Gasteiger partial charge in [0.05, 0.1) is 5.60 Å². The molecule has 5 heteroatoms. The van der Waals surface area contributed by atoms with Crippen LogP contribution in [0.5, 0.6) is 0 Å². The van der Waals surface area contributed by atoms with Gasteiger partial charge >= 0.3 is 0 Å². The Kier molecular flexibility index (Phi) is 6.01. The Morgan fingerprint density at radius 1 is 1.44 bits per heavy atom. The number of hydrogen-bond acceptors (Lipinski definition) is 5. The third kappa shape index (κ3) is 5.42. The van der Waals surface area contributed by atoms with Gasteiger partial charge in [0.25, 0.3) is 0 Å². The molecule has 1 aromatic heterocycles. The highest BCUT2D eigenvalue weighted by Crippen LogP contribution is 2.12. The molecule has 1 heterocycles. The molecule has 0 amide bonds. The summed E-state index contributed by atoms with van der Waals surface area (Å²) >= 11 is 0. The topological polar surface area (TPSA) is 67.3 Å². The fraction of sp³-hybridized carbons (Fsp3) is 0.692. The lowest BCUT2D eigenvalue weighted by Crippen LogP contribution is -2.34. The van der Waals surface area contributed by atoms with Crippen LogP contribution >= 0.6 is 0 Å². The van der Waals surface area contributed by atoms with Gasteiger partial charge in [-0.1, -0.05) is 13.3 Å². The SMILES string of the molecule is CCCc1cc(NCC(C)(O)CCOC)ncn1. The van der Waals surface area contributed by atoms with Crippen molar-refractivity contribution in [3.8, 4) is 0 Å². The quantitative estimate of drug-likeness (QED) is 0.737. The Hall–Kier alpha value is -1.20. The molecule has 102 valence electrons. The molecule has 1 aromatic rings. The summed E-state index contributed by atoms with van der Waals surface area (Å²) in [6.07, 6.45) is 4.14. The molecule has 18 heavy (non-hydrogen) atoms. The minimum atomic E-state index is -0.800. The third-order valence-corrected chi connectivity index (χ3v) is 2.72. The van der Waals surface area contributed by atoms with Gasteiger partial charge in [-0.15, -0.1) is 0 Å². The molecule has 2 N–H and O–H groups in total. The van der Waals surface area contributed by atoms with E-state index in [1.54, 1.807) is 20.4 Å². The van der Waals surface area contributed by atoms with Gasteiger partial charge in [-0.2, -0.15) is 0 Å². The smallest absolute Gasteiger partial charge is 0.129 e. The zero-order valence-electron chi connectivity index (χ0n) is 11.4. The first kappa shape index (κ1) is 14.9. The van der Waals surface area contributed by atoms with Gasteiger partial charge in [-0.3, -0.25) is 0 Å². The molecule has 0 saturated carbocycles. The molecule has 5 nitrogen and oxygen atoms in total. The van der Waals surface area contributed by atoms with Crippen LogP contribution in [0.15, 0.2) is 12.4 Å².